The Labute approximate surface area is 182 Å². The number of hydrogen-bond donors (Lipinski definition) is 2. The van der Waals surface area contributed by atoms with Gasteiger partial charge in [-0.25, -0.2) is 0 Å². The Morgan fingerprint density at radius 2 is 1.86 bits per heavy atom. The normalized spacial score (nSPS) is 11.8. The van der Waals surface area contributed by atoms with E-state index in [1.807, 2.05) is 28.8 Å². The molecule has 0 atom stereocenters. The highest BCUT2D eigenvalue weighted by Crippen LogP contribution is 2.26. The lowest BCUT2D eigenvalue weighted by molar-refractivity contribution is -0.274. The summed E-state index contributed by atoms with van der Waals surface area (Å²) in [5.41, 5.74) is 1.13. The molecule has 0 bridgehead atoms. The lowest BCUT2D eigenvalue weighted by Gasteiger charge is -2.15. The third kappa shape index (κ3) is 6.48. The van der Waals surface area contributed by atoms with Gasteiger partial charge in [-0.3, -0.25) is 9.39 Å². The number of nitrogens with zero attached hydrogens (tertiary/aromatic N) is 4. The van der Waals surface area contributed by atoms with Crippen LogP contribution in [0.3, 0.4) is 0 Å². The van der Waals surface area contributed by atoms with Crippen molar-refractivity contribution in [3.05, 3.63) is 60.0 Å². The molecule has 1 aromatic carbocycles. The van der Waals surface area contributed by atoms with E-state index in [4.69, 9.17) is 0 Å². The Morgan fingerprint density at radius 1 is 1.10 bits per heavy atom. The van der Waals surface area contributed by atoms with Crippen LogP contribution in [-0.4, -0.2) is 40.5 Å². The van der Waals surface area contributed by atoms with Crippen molar-refractivity contribution in [3.8, 4) is 5.75 Å². The molecule has 0 radical (unpaired) electrons. The van der Waals surface area contributed by atoms with Gasteiger partial charge < -0.3 is 15.4 Å². The van der Waals surface area contributed by atoms with Gasteiger partial charge in [-0.15, -0.1) is 47.3 Å². The number of benzene rings is 1. The molecule has 2 N–H and O–H groups in total. The van der Waals surface area contributed by atoms with Crippen molar-refractivity contribution in [2.75, 3.05) is 13.6 Å². The van der Waals surface area contributed by atoms with Gasteiger partial charge in [-0.1, -0.05) is 24.3 Å². The van der Waals surface area contributed by atoms with Crippen molar-refractivity contribution in [3.63, 3.8) is 0 Å². The fraction of sp³-hybridized carbons (Fsp3) is 0.278. The number of aromatic nitrogens is 3. The van der Waals surface area contributed by atoms with Crippen molar-refractivity contribution >= 4 is 35.6 Å². The monoisotopic (exact) mass is 520 g/mol. The third-order valence-corrected chi connectivity index (χ3v) is 3.89. The van der Waals surface area contributed by atoms with E-state index >= 15 is 0 Å². The molecule has 3 rings (SSSR count). The Bertz CT molecular complexity index is 960. The quantitative estimate of drug-likeness (QED) is 0.297. The number of para-hydroxylation sites is 1. The Morgan fingerprint density at radius 3 is 2.62 bits per heavy atom. The van der Waals surface area contributed by atoms with Crippen molar-refractivity contribution in [1.29, 1.82) is 0 Å². The molecule has 0 spiro atoms. The van der Waals surface area contributed by atoms with Crippen LogP contribution in [-0.2, 0) is 13.0 Å². The van der Waals surface area contributed by atoms with Crippen LogP contribution in [0.4, 0.5) is 13.2 Å². The van der Waals surface area contributed by atoms with Crippen LogP contribution in [0.5, 0.6) is 5.75 Å². The van der Waals surface area contributed by atoms with Gasteiger partial charge in [-0.2, -0.15) is 0 Å². The highest BCUT2D eigenvalue weighted by Gasteiger charge is 2.31. The SMILES string of the molecule is CN=C(NCCc1nnc2ccccn12)NCc1ccccc1OC(F)(F)F.I. The number of fused-ring (bicyclic) bond motifs is 1. The zero-order valence-corrected chi connectivity index (χ0v) is 17.8. The largest absolute Gasteiger partial charge is 0.573 e. The van der Waals surface area contributed by atoms with Crippen molar-refractivity contribution in [2.24, 2.45) is 4.99 Å². The minimum absolute atomic E-state index is 0. The molecule has 0 aliphatic heterocycles. The van der Waals surface area contributed by atoms with E-state index in [0.29, 0.717) is 24.5 Å². The first-order valence-electron chi connectivity index (χ1n) is 8.53. The fourth-order valence-corrected chi connectivity index (χ4v) is 2.63. The van der Waals surface area contributed by atoms with Gasteiger partial charge >= 0.3 is 6.36 Å². The first-order chi connectivity index (χ1) is 13.5. The molecule has 0 amide bonds. The maximum absolute atomic E-state index is 12.5. The van der Waals surface area contributed by atoms with Gasteiger partial charge in [0.05, 0.1) is 0 Å². The molecular formula is C18H20F3IN6O. The molecule has 2 aromatic heterocycles. The van der Waals surface area contributed by atoms with E-state index in [1.54, 1.807) is 19.2 Å². The minimum Gasteiger partial charge on any atom is -0.405 e. The van der Waals surface area contributed by atoms with Crippen LogP contribution in [0.15, 0.2) is 53.7 Å². The average Bonchev–Trinajstić information content (AvgIpc) is 3.07. The van der Waals surface area contributed by atoms with Gasteiger partial charge in [-0.05, 0) is 18.2 Å². The number of nitrogens with one attached hydrogen (secondary N) is 2. The number of guanidine groups is 1. The van der Waals surface area contributed by atoms with Gasteiger partial charge in [0.1, 0.15) is 11.6 Å². The van der Waals surface area contributed by atoms with E-state index in [1.165, 1.54) is 12.1 Å². The second-order valence-corrected chi connectivity index (χ2v) is 5.80. The lowest BCUT2D eigenvalue weighted by atomic mass is 10.2. The van der Waals surface area contributed by atoms with Gasteiger partial charge in [0.2, 0.25) is 0 Å². The minimum atomic E-state index is -4.74. The van der Waals surface area contributed by atoms with Crippen LogP contribution in [0.25, 0.3) is 5.65 Å². The molecule has 0 saturated carbocycles. The van der Waals surface area contributed by atoms with Crippen LogP contribution < -0.4 is 15.4 Å². The fourth-order valence-electron chi connectivity index (χ4n) is 2.63. The molecule has 0 unspecified atom stereocenters. The molecule has 3 aromatic rings. The molecule has 29 heavy (non-hydrogen) atoms. The average molecular weight is 520 g/mol. The molecule has 156 valence electrons. The molecule has 0 aliphatic carbocycles. The number of alkyl halides is 3. The maximum atomic E-state index is 12.5. The number of rotatable bonds is 6. The van der Waals surface area contributed by atoms with Crippen LogP contribution in [0.1, 0.15) is 11.4 Å². The van der Waals surface area contributed by atoms with E-state index in [9.17, 15) is 13.2 Å². The molecule has 0 saturated heterocycles. The summed E-state index contributed by atoms with van der Waals surface area (Å²) in [6.07, 6.45) is -2.26. The molecule has 11 heteroatoms. The summed E-state index contributed by atoms with van der Waals surface area (Å²) in [4.78, 5) is 4.08. The highest BCUT2D eigenvalue weighted by molar-refractivity contribution is 14.0. The number of halogens is 4. The van der Waals surface area contributed by atoms with Crippen LogP contribution in [0, 0.1) is 0 Å². The topological polar surface area (TPSA) is 75.8 Å². The first-order valence-corrected chi connectivity index (χ1v) is 8.53. The summed E-state index contributed by atoms with van der Waals surface area (Å²) in [6.45, 7) is 0.649. The molecule has 2 heterocycles. The van der Waals surface area contributed by atoms with Crippen LogP contribution >= 0.6 is 24.0 Å². The predicted octanol–water partition coefficient (Wildman–Crippen LogP) is 3.15. The Hall–Kier alpha value is -2.57. The van der Waals surface area contributed by atoms with Crippen molar-refractivity contribution in [2.45, 2.75) is 19.3 Å². The number of pyridine rings is 1. The Balaban J connectivity index is 0.00000300. The zero-order chi connectivity index (χ0) is 20.0. The van der Waals surface area contributed by atoms with Crippen molar-refractivity contribution in [1.82, 2.24) is 25.2 Å². The number of hydrogen-bond acceptors (Lipinski definition) is 4. The standard InChI is InChI=1S/C18H19F3N6O.HI/c1-22-17(23-10-9-16-26-25-15-8-4-5-11-27(15)16)24-12-13-6-2-3-7-14(13)28-18(19,20)21;/h2-8,11H,9-10,12H2,1H3,(H2,22,23,24);1H. The number of aliphatic imine (C=N–C) groups is 1. The smallest absolute Gasteiger partial charge is 0.405 e. The summed E-state index contributed by atoms with van der Waals surface area (Å²) in [6, 6.07) is 11.6. The van der Waals surface area contributed by atoms with E-state index < -0.39 is 6.36 Å². The van der Waals surface area contributed by atoms with E-state index in [-0.39, 0.29) is 36.3 Å². The van der Waals surface area contributed by atoms with E-state index in [0.717, 1.165) is 11.5 Å². The second-order valence-electron chi connectivity index (χ2n) is 5.80. The summed E-state index contributed by atoms with van der Waals surface area (Å²) in [5, 5.41) is 14.3. The first kappa shape index (κ1) is 22.7. The summed E-state index contributed by atoms with van der Waals surface area (Å²) >= 11 is 0. The summed E-state index contributed by atoms with van der Waals surface area (Å²) in [5.74, 6) is 1.01. The van der Waals surface area contributed by atoms with Crippen LogP contribution in [0.2, 0.25) is 0 Å². The molecule has 0 aliphatic rings. The van der Waals surface area contributed by atoms with Gasteiger partial charge in [0.25, 0.3) is 0 Å². The highest BCUT2D eigenvalue weighted by atomic mass is 127. The maximum Gasteiger partial charge on any atom is 0.573 e. The molecular weight excluding hydrogens is 500 g/mol. The van der Waals surface area contributed by atoms with Gasteiger partial charge in [0.15, 0.2) is 11.6 Å². The molecule has 0 fully saturated rings. The van der Waals surface area contributed by atoms with E-state index in [2.05, 4.69) is 30.6 Å². The van der Waals surface area contributed by atoms with Gasteiger partial charge in [0, 0.05) is 38.3 Å². The number of ether oxygens (including phenoxy) is 1. The summed E-state index contributed by atoms with van der Waals surface area (Å²) < 4.78 is 43.5. The lowest BCUT2D eigenvalue weighted by Crippen LogP contribution is -2.38. The molecule has 7 nitrogen and oxygen atoms in total. The Kier molecular flexibility index (Phi) is 8.05. The second kappa shape index (κ2) is 10.3. The predicted molar refractivity (Wildman–Crippen MR) is 113 cm³/mol. The third-order valence-electron chi connectivity index (χ3n) is 3.89. The zero-order valence-electron chi connectivity index (χ0n) is 15.5. The van der Waals surface area contributed by atoms with Crippen molar-refractivity contribution < 1.29 is 17.9 Å². The summed E-state index contributed by atoms with van der Waals surface area (Å²) in [7, 11) is 1.58.